The quantitative estimate of drug-likeness (QED) is 0.793. The van der Waals surface area contributed by atoms with Gasteiger partial charge in [0.2, 0.25) is 5.13 Å². The van der Waals surface area contributed by atoms with E-state index in [1.54, 1.807) is 12.1 Å². The number of nitrogens with zero attached hydrogens (tertiary/aromatic N) is 2. The smallest absolute Gasteiger partial charge is 0.313 e. The van der Waals surface area contributed by atoms with Crippen LogP contribution in [0.2, 0.25) is 0 Å². The average molecular weight is 364 g/mol. The standard InChI is InChI=1S/C10H7BrFN3O2S2/c11-5-2-1-3-6(12)8(5)13-9-14-15-10(19-9)18-4-7(16)17/h1-3H,4H2,(H,13,14)(H,16,17). The molecular weight excluding hydrogens is 357 g/mol. The lowest BCUT2D eigenvalue weighted by Gasteiger charge is -2.05. The number of aliphatic carboxylic acids is 1. The summed E-state index contributed by atoms with van der Waals surface area (Å²) in [6.45, 7) is 0. The Morgan fingerprint density at radius 1 is 1.53 bits per heavy atom. The van der Waals surface area contributed by atoms with E-state index in [0.717, 1.165) is 11.8 Å². The molecule has 0 saturated carbocycles. The molecule has 19 heavy (non-hydrogen) atoms. The van der Waals surface area contributed by atoms with E-state index in [0.29, 0.717) is 13.9 Å². The molecular formula is C10H7BrFN3O2S2. The van der Waals surface area contributed by atoms with E-state index < -0.39 is 11.8 Å². The summed E-state index contributed by atoms with van der Waals surface area (Å²) >= 11 is 5.47. The first-order valence-electron chi connectivity index (χ1n) is 4.95. The molecule has 2 aromatic rings. The van der Waals surface area contributed by atoms with Crippen LogP contribution in [0.3, 0.4) is 0 Å². The van der Waals surface area contributed by atoms with Crippen molar-refractivity contribution in [2.75, 3.05) is 11.1 Å². The van der Waals surface area contributed by atoms with Crippen LogP contribution in [-0.2, 0) is 4.79 Å². The summed E-state index contributed by atoms with van der Waals surface area (Å²) in [4.78, 5) is 10.4. The molecule has 2 rings (SSSR count). The first-order valence-corrected chi connectivity index (χ1v) is 7.55. The lowest BCUT2D eigenvalue weighted by molar-refractivity contribution is -0.133. The Balaban J connectivity index is 2.09. The topological polar surface area (TPSA) is 75.1 Å². The normalized spacial score (nSPS) is 10.4. The molecule has 0 aliphatic carbocycles. The maximum atomic E-state index is 13.6. The van der Waals surface area contributed by atoms with Crippen molar-refractivity contribution >= 4 is 55.8 Å². The summed E-state index contributed by atoms with van der Waals surface area (Å²) in [6, 6.07) is 4.61. The third-order valence-electron chi connectivity index (χ3n) is 1.92. The molecule has 1 aromatic heterocycles. The lowest BCUT2D eigenvalue weighted by Crippen LogP contribution is -1.96. The number of nitrogens with one attached hydrogen (secondary N) is 1. The second-order valence-electron chi connectivity index (χ2n) is 3.28. The number of rotatable bonds is 5. The summed E-state index contributed by atoms with van der Waals surface area (Å²) in [5.41, 5.74) is 0.272. The van der Waals surface area contributed by atoms with Gasteiger partial charge in [0.05, 0.1) is 11.4 Å². The molecule has 1 heterocycles. The molecule has 0 aliphatic heterocycles. The van der Waals surface area contributed by atoms with Crippen molar-refractivity contribution in [1.29, 1.82) is 0 Å². The van der Waals surface area contributed by atoms with E-state index in [1.165, 1.54) is 17.4 Å². The Kier molecular flexibility index (Phi) is 4.72. The van der Waals surface area contributed by atoms with Crippen LogP contribution in [0.5, 0.6) is 0 Å². The van der Waals surface area contributed by atoms with Crippen LogP contribution in [0.4, 0.5) is 15.2 Å². The van der Waals surface area contributed by atoms with Crippen molar-refractivity contribution in [2.24, 2.45) is 0 Å². The second kappa shape index (κ2) is 6.31. The van der Waals surface area contributed by atoms with Crippen molar-refractivity contribution < 1.29 is 14.3 Å². The average Bonchev–Trinajstić information content (AvgIpc) is 2.79. The number of carbonyl (C=O) groups is 1. The van der Waals surface area contributed by atoms with Crippen LogP contribution in [0.25, 0.3) is 0 Å². The summed E-state index contributed by atoms with van der Waals surface area (Å²) in [5, 5.41) is 19.4. The van der Waals surface area contributed by atoms with Crippen LogP contribution < -0.4 is 5.32 Å². The first kappa shape index (κ1) is 14.2. The minimum atomic E-state index is -0.924. The molecule has 0 bridgehead atoms. The van der Waals surface area contributed by atoms with Gasteiger partial charge in [0.1, 0.15) is 5.82 Å². The highest BCUT2D eigenvalue weighted by Crippen LogP contribution is 2.32. The Hall–Kier alpha value is -1.19. The van der Waals surface area contributed by atoms with Gasteiger partial charge in [-0.3, -0.25) is 4.79 Å². The predicted octanol–water partition coefficient (Wildman–Crippen LogP) is 3.36. The van der Waals surface area contributed by atoms with Crippen LogP contribution in [-0.4, -0.2) is 27.0 Å². The maximum Gasteiger partial charge on any atom is 0.313 e. The highest BCUT2D eigenvalue weighted by Gasteiger charge is 2.11. The van der Waals surface area contributed by atoms with Crippen molar-refractivity contribution in [3.05, 3.63) is 28.5 Å². The number of hydrogen-bond acceptors (Lipinski definition) is 6. The van der Waals surface area contributed by atoms with Gasteiger partial charge in [-0.1, -0.05) is 29.2 Å². The molecule has 0 atom stereocenters. The number of carboxylic acids is 1. The summed E-state index contributed by atoms with van der Waals surface area (Å²) in [6.07, 6.45) is 0. The number of hydrogen-bond donors (Lipinski definition) is 2. The van der Waals surface area contributed by atoms with E-state index in [4.69, 9.17) is 5.11 Å². The van der Waals surface area contributed by atoms with Gasteiger partial charge in [0, 0.05) is 4.47 Å². The fourth-order valence-corrected chi connectivity index (χ4v) is 3.08. The van der Waals surface area contributed by atoms with Gasteiger partial charge in [0.15, 0.2) is 4.34 Å². The van der Waals surface area contributed by atoms with Crippen molar-refractivity contribution in [3.63, 3.8) is 0 Å². The van der Waals surface area contributed by atoms with Crippen molar-refractivity contribution in [1.82, 2.24) is 10.2 Å². The maximum absolute atomic E-state index is 13.6. The van der Waals surface area contributed by atoms with Crippen molar-refractivity contribution in [3.8, 4) is 0 Å². The van der Waals surface area contributed by atoms with E-state index in [1.807, 2.05) is 0 Å². The summed E-state index contributed by atoms with van der Waals surface area (Å²) in [7, 11) is 0. The van der Waals surface area contributed by atoms with Crippen LogP contribution in [0.15, 0.2) is 27.0 Å². The van der Waals surface area contributed by atoms with Gasteiger partial charge in [-0.05, 0) is 28.1 Å². The number of halogens is 2. The Morgan fingerprint density at radius 3 is 3.00 bits per heavy atom. The predicted molar refractivity (Wildman–Crippen MR) is 75.7 cm³/mol. The third-order valence-corrected chi connectivity index (χ3v) is 4.54. The lowest BCUT2D eigenvalue weighted by atomic mass is 10.3. The molecule has 0 unspecified atom stereocenters. The number of benzene rings is 1. The van der Waals surface area contributed by atoms with E-state index in [-0.39, 0.29) is 11.4 Å². The van der Waals surface area contributed by atoms with E-state index in [9.17, 15) is 9.18 Å². The van der Waals surface area contributed by atoms with Gasteiger partial charge in [-0.15, -0.1) is 10.2 Å². The highest BCUT2D eigenvalue weighted by atomic mass is 79.9. The molecule has 0 radical (unpaired) electrons. The zero-order valence-electron chi connectivity index (χ0n) is 9.26. The molecule has 5 nitrogen and oxygen atoms in total. The van der Waals surface area contributed by atoms with Crippen molar-refractivity contribution in [2.45, 2.75) is 4.34 Å². The summed E-state index contributed by atoms with van der Waals surface area (Å²) in [5.74, 6) is -1.42. The van der Waals surface area contributed by atoms with Crippen LogP contribution in [0, 0.1) is 5.82 Å². The highest BCUT2D eigenvalue weighted by molar-refractivity contribution is 9.10. The molecule has 0 amide bonds. The largest absolute Gasteiger partial charge is 0.481 e. The molecule has 0 fully saturated rings. The third kappa shape index (κ3) is 3.88. The Morgan fingerprint density at radius 2 is 2.32 bits per heavy atom. The van der Waals surface area contributed by atoms with E-state index in [2.05, 4.69) is 31.4 Å². The number of para-hydroxylation sites is 1. The molecule has 1 aromatic carbocycles. The summed E-state index contributed by atoms with van der Waals surface area (Å²) < 4.78 is 14.7. The molecule has 0 spiro atoms. The number of thioether (sulfide) groups is 1. The molecule has 100 valence electrons. The number of aromatic nitrogens is 2. The van der Waals surface area contributed by atoms with Gasteiger partial charge in [-0.25, -0.2) is 4.39 Å². The number of anilines is 2. The zero-order valence-corrected chi connectivity index (χ0v) is 12.5. The Labute approximate surface area is 124 Å². The molecule has 9 heteroatoms. The zero-order chi connectivity index (χ0) is 13.8. The van der Waals surface area contributed by atoms with Gasteiger partial charge < -0.3 is 10.4 Å². The number of carboxylic acid groups (broad SMARTS) is 1. The molecule has 2 N–H and O–H groups in total. The first-order chi connectivity index (χ1) is 9.06. The monoisotopic (exact) mass is 363 g/mol. The fourth-order valence-electron chi connectivity index (χ4n) is 1.17. The van der Waals surface area contributed by atoms with Gasteiger partial charge in [0.25, 0.3) is 0 Å². The Bertz CT molecular complexity index is 588. The van der Waals surface area contributed by atoms with Gasteiger partial charge in [-0.2, -0.15) is 0 Å². The van der Waals surface area contributed by atoms with E-state index >= 15 is 0 Å². The fraction of sp³-hybridized carbons (Fsp3) is 0.100. The minimum absolute atomic E-state index is 0.0853. The van der Waals surface area contributed by atoms with Crippen LogP contribution >= 0.6 is 39.0 Å². The van der Waals surface area contributed by atoms with Crippen LogP contribution in [0.1, 0.15) is 0 Å². The minimum Gasteiger partial charge on any atom is -0.481 e. The SMILES string of the molecule is O=C(O)CSc1nnc(Nc2c(F)cccc2Br)s1. The molecule has 0 saturated heterocycles. The van der Waals surface area contributed by atoms with Gasteiger partial charge >= 0.3 is 5.97 Å². The second-order valence-corrected chi connectivity index (χ2v) is 6.33. The molecule has 0 aliphatic rings.